The normalized spacial score (nSPS) is 35.9. The zero-order valence-corrected chi connectivity index (χ0v) is 53.6. The van der Waals surface area contributed by atoms with Crippen molar-refractivity contribution in [2.24, 2.45) is 0 Å². The Morgan fingerprint density at radius 2 is 1.61 bits per heavy atom. The van der Waals surface area contributed by atoms with Crippen molar-refractivity contribution in [2.45, 2.75) is 169 Å². The lowest BCUT2D eigenvalue weighted by atomic mass is 9.75. The molecule has 0 unspecified atom stereocenters. The summed E-state index contributed by atoms with van der Waals surface area (Å²) in [4.78, 5) is 47.5. The fourth-order valence-corrected chi connectivity index (χ4v) is 14.7. The maximum absolute atomic E-state index is 14.4. The number of methoxy groups -OCH3 is 5. The molecule has 24 nitrogen and oxygen atoms in total. The lowest BCUT2D eigenvalue weighted by Gasteiger charge is -2.46. The summed E-state index contributed by atoms with van der Waals surface area (Å²) in [5.74, 6) is 11.3. The van der Waals surface area contributed by atoms with E-state index < -0.39 is 127 Å². The highest BCUT2D eigenvalue weighted by Gasteiger charge is 2.52. The molecule has 466 valence electrons. The van der Waals surface area contributed by atoms with E-state index in [1.165, 1.54) is 64.9 Å². The van der Waals surface area contributed by atoms with Gasteiger partial charge in [-0.3, -0.25) is 19.7 Å². The van der Waals surface area contributed by atoms with Crippen molar-refractivity contribution in [3.05, 3.63) is 49.8 Å². The fourth-order valence-electron chi connectivity index (χ4n) is 10.5. The van der Waals surface area contributed by atoms with Gasteiger partial charge in [0.1, 0.15) is 36.6 Å². The molecule has 4 heterocycles. The summed E-state index contributed by atoms with van der Waals surface area (Å²) in [5.41, 5.74) is 1.30. The van der Waals surface area contributed by atoms with Gasteiger partial charge in [-0.15, -0.1) is 0 Å². The summed E-state index contributed by atoms with van der Waals surface area (Å²) >= 11 is 2.83. The lowest BCUT2D eigenvalue weighted by Crippen LogP contribution is -2.65. The number of aliphatic hydroxyl groups is 5. The van der Waals surface area contributed by atoms with Crippen LogP contribution in [0, 0.1) is 34.2 Å². The number of fused-ring (bicyclic) bond motifs is 2. The highest BCUT2D eigenvalue weighted by molar-refractivity contribution is 14.1. The molecule has 0 spiro atoms. The van der Waals surface area contributed by atoms with Crippen LogP contribution in [0.1, 0.15) is 62.9 Å². The molecule has 2 bridgehead atoms. The Kier molecular flexibility index (Phi) is 25.7. The number of rotatable bonds is 22. The molecule has 1 aromatic rings. The Labute approximate surface area is 517 Å². The minimum atomic E-state index is -2.05. The largest absolute Gasteiger partial charge is 0.492 e. The van der Waals surface area contributed by atoms with Gasteiger partial charge in [0.15, 0.2) is 41.8 Å². The van der Waals surface area contributed by atoms with E-state index in [4.69, 9.17) is 61.7 Å². The zero-order valence-electron chi connectivity index (χ0n) is 48.1. The molecule has 8 N–H and O–H groups in total. The highest BCUT2D eigenvalue weighted by Crippen LogP contribution is 2.49. The summed E-state index contributed by atoms with van der Waals surface area (Å²) in [6.45, 7) is 9.41. The average Bonchev–Trinajstić information content (AvgIpc) is 1.36. The standard InChI is InChI=1S/C55H74IN3O21S4/c1-12-57-30-24-73-35(22-34(30)68-6)78-48-43(63)40(26(3)75-53(48)77-33-17-15-13-14-16-19-55(67)23-32(61)41(58-54(66)72-10)38(33)29(55)18-20-82-84-81-11)59-80-36-21-31(60)50(28(5)74-36)83-51(65)37-25(2)39(56)46(49(71-9)45(37)69-7)79-52-44(64)47(70-8)42(62)27(4)76-52/h13-14,18,26-28,30-31,33-36,40,42-44,47-48,50,52-53,57,59-60,62-64,67H,12,20-24H2,1-11H3,(H,58,66)/b14-13+,29-18-/t26-,27-,28+,30-,31-,33-,34-,35-,36-,40+,42-,43-,44+,47+,48-,50+,52-,53-,55-/m0/s1. The molecule has 1 amide bonds. The van der Waals surface area contributed by atoms with E-state index in [0.717, 1.165) is 18.9 Å². The second kappa shape index (κ2) is 31.5. The maximum Gasteiger partial charge on any atom is 0.411 e. The first-order valence-electron chi connectivity index (χ1n) is 26.9. The third-order valence-electron chi connectivity index (χ3n) is 14.8. The molecule has 19 atom stereocenters. The predicted octanol–water partition coefficient (Wildman–Crippen LogP) is 3.20. The number of halogens is 1. The van der Waals surface area contributed by atoms with E-state index in [0.29, 0.717) is 21.4 Å². The molecule has 7 rings (SSSR count). The molecule has 6 aliphatic rings. The average molecular weight is 1370 g/mol. The second-order valence-electron chi connectivity index (χ2n) is 20.1. The molecule has 4 aliphatic heterocycles. The molecule has 0 radical (unpaired) electrons. The number of hydrogen-bond donors (Lipinski definition) is 8. The third kappa shape index (κ3) is 15.7. The van der Waals surface area contributed by atoms with Crippen LogP contribution in [0.25, 0.3) is 0 Å². The summed E-state index contributed by atoms with van der Waals surface area (Å²) < 4.78 is 72.5. The van der Waals surface area contributed by atoms with Crippen molar-refractivity contribution < 1.29 is 102 Å². The molecule has 4 fully saturated rings. The van der Waals surface area contributed by atoms with Crippen LogP contribution in [0.4, 0.5) is 4.79 Å². The lowest BCUT2D eigenvalue weighted by molar-refractivity contribution is -0.336. The van der Waals surface area contributed by atoms with Crippen LogP contribution >= 0.6 is 65.8 Å². The van der Waals surface area contributed by atoms with Crippen molar-refractivity contribution in [1.29, 1.82) is 0 Å². The van der Waals surface area contributed by atoms with Crippen molar-refractivity contribution in [3.8, 4) is 40.9 Å². The van der Waals surface area contributed by atoms with E-state index >= 15 is 0 Å². The van der Waals surface area contributed by atoms with Crippen LogP contribution in [0.2, 0.25) is 0 Å². The first-order chi connectivity index (χ1) is 40.2. The van der Waals surface area contributed by atoms with Crippen LogP contribution in [0.5, 0.6) is 17.2 Å². The van der Waals surface area contributed by atoms with E-state index in [-0.39, 0.29) is 71.2 Å². The molecule has 2 aliphatic carbocycles. The Bertz CT molecular complexity index is 2710. The van der Waals surface area contributed by atoms with E-state index in [2.05, 4.69) is 39.8 Å². The number of amides is 1. The highest BCUT2D eigenvalue weighted by atomic mass is 127. The number of likely N-dealkylation sites (N-methyl/N-ethyl adjacent to an activating group) is 1. The number of thioether (sulfide) groups is 1. The topological polar surface area (TPSA) is 308 Å². The number of hydrogen-bond acceptors (Lipinski definition) is 27. The van der Waals surface area contributed by atoms with Gasteiger partial charge in [-0.05, 0) is 90.6 Å². The molecular formula is C55H74IN3O21S4. The maximum atomic E-state index is 14.4. The Balaban J connectivity index is 1.12. The van der Waals surface area contributed by atoms with Crippen molar-refractivity contribution in [3.63, 3.8) is 0 Å². The van der Waals surface area contributed by atoms with Crippen molar-refractivity contribution in [2.75, 3.05) is 60.7 Å². The van der Waals surface area contributed by atoms with E-state index in [1.807, 2.05) is 35.8 Å². The van der Waals surface area contributed by atoms with Gasteiger partial charge < -0.3 is 87.7 Å². The van der Waals surface area contributed by atoms with Crippen molar-refractivity contribution in [1.82, 2.24) is 16.1 Å². The van der Waals surface area contributed by atoms with E-state index in [1.54, 1.807) is 40.9 Å². The summed E-state index contributed by atoms with van der Waals surface area (Å²) in [5, 5.41) is 62.7. The van der Waals surface area contributed by atoms with Gasteiger partial charge in [-0.25, -0.2) is 4.79 Å². The monoisotopic (exact) mass is 1370 g/mol. The van der Waals surface area contributed by atoms with Crippen LogP contribution < -0.4 is 30.3 Å². The molecule has 84 heavy (non-hydrogen) atoms. The number of hydroxylamine groups is 1. The van der Waals surface area contributed by atoms with Gasteiger partial charge in [0.05, 0.1) is 97.0 Å². The molecule has 29 heteroatoms. The first-order valence-corrected chi connectivity index (χ1v) is 32.9. The number of allylic oxidation sites excluding steroid dienone is 3. The van der Waals surface area contributed by atoms with Gasteiger partial charge in [0.25, 0.3) is 0 Å². The predicted molar refractivity (Wildman–Crippen MR) is 320 cm³/mol. The minimum Gasteiger partial charge on any atom is -0.492 e. The number of ether oxygens (including phenoxy) is 12. The quantitative estimate of drug-likeness (QED) is 0.0272. The SMILES string of the molecule is CCN[C@H]1CO[C@@H](O[C@@H]2[C@H](O[C@H]3C#C/C=C/C#C[C@]4(O)CC(=O)C(NC(=O)OC)=C3/C4=C/CSSSC)O[C@@H](C)[C@@H](NO[C@H]3C[C@H](O)[C@H](SC(=O)c4c(C)c(I)c(O[C@@H]5O[C@@H](C)[C@H](O)[C@@H](OC)[C@H]5O)c(OC)c4OC)[C@@H](C)O3)[C@@H]2O)C[C@@H]1OC. The van der Waals surface area contributed by atoms with Gasteiger partial charge in [0, 0.05) is 44.0 Å². The Morgan fingerprint density at radius 1 is 0.881 bits per heavy atom. The smallest absolute Gasteiger partial charge is 0.411 e. The first kappa shape index (κ1) is 68.5. The van der Waals surface area contributed by atoms with Gasteiger partial charge in [0.2, 0.25) is 17.2 Å². The summed E-state index contributed by atoms with van der Waals surface area (Å²) in [6, 6.07) is -1.27. The van der Waals surface area contributed by atoms with Gasteiger partial charge >= 0.3 is 6.09 Å². The zero-order chi connectivity index (χ0) is 61.2. The van der Waals surface area contributed by atoms with Gasteiger partial charge in [-0.2, -0.15) is 5.48 Å². The molecule has 0 aromatic heterocycles. The van der Waals surface area contributed by atoms with Gasteiger partial charge in [-0.1, -0.05) is 70.0 Å². The van der Waals surface area contributed by atoms with Crippen LogP contribution in [-0.2, 0) is 52.3 Å². The number of nitrogens with one attached hydrogen (secondary N) is 3. The summed E-state index contributed by atoms with van der Waals surface area (Å²) in [6.07, 6.45) is -11.9. The molecular weight excluding hydrogens is 1290 g/mol. The van der Waals surface area contributed by atoms with Crippen LogP contribution in [0.3, 0.4) is 0 Å². The third-order valence-corrected chi connectivity index (χ3v) is 21.2. The number of aliphatic hydroxyl groups excluding tert-OH is 4. The minimum absolute atomic E-state index is 0.0155. The number of ketones is 1. The second-order valence-corrected chi connectivity index (χ2v) is 26.7. The number of Topliss-reactive ketones (excluding diaryl/α,β-unsaturated/α-hetero) is 1. The number of alkyl carbamates (subject to hydrolysis) is 1. The molecule has 0 saturated carbocycles. The van der Waals surface area contributed by atoms with Crippen molar-refractivity contribution >= 4 is 82.8 Å². The number of carbonyl (C=O) groups excluding carboxylic acids is 3. The molecule has 4 saturated heterocycles. The number of benzene rings is 1. The molecule has 1 aromatic carbocycles. The number of carbonyl (C=O) groups is 3. The summed E-state index contributed by atoms with van der Waals surface area (Å²) in [7, 11) is 11.3. The fraction of sp³-hybridized carbons (Fsp3) is 0.655. The van der Waals surface area contributed by atoms with Crippen LogP contribution in [-0.4, -0.2) is 218 Å². The Hall–Kier alpha value is -2.94. The van der Waals surface area contributed by atoms with Crippen LogP contribution in [0.15, 0.2) is 35.1 Å². The van der Waals surface area contributed by atoms with E-state index in [9.17, 15) is 39.9 Å². The Morgan fingerprint density at radius 3 is 2.27 bits per heavy atom.